The second-order valence-corrected chi connectivity index (χ2v) is 5.15. The molecule has 0 amide bonds. The van der Waals surface area contributed by atoms with Crippen molar-refractivity contribution in [1.29, 1.82) is 0 Å². The molecule has 0 fully saturated rings. The van der Waals surface area contributed by atoms with Gasteiger partial charge in [-0.3, -0.25) is 4.79 Å². The maximum atomic E-state index is 11.3. The van der Waals surface area contributed by atoms with Gasteiger partial charge in [0.1, 0.15) is 5.60 Å². The van der Waals surface area contributed by atoms with E-state index in [1.54, 1.807) is 38.1 Å². The zero-order valence-corrected chi connectivity index (χ0v) is 10.9. The van der Waals surface area contributed by atoms with Gasteiger partial charge in [0.2, 0.25) is 0 Å². The Morgan fingerprint density at radius 1 is 1.41 bits per heavy atom. The van der Waals surface area contributed by atoms with E-state index in [9.17, 15) is 15.0 Å². The largest absolute Gasteiger partial charge is 0.481 e. The molecular weight excluding hydrogens is 240 g/mol. The lowest BCUT2D eigenvalue weighted by Gasteiger charge is -2.33. The van der Waals surface area contributed by atoms with Gasteiger partial charge in [0.05, 0.1) is 5.92 Å². The van der Waals surface area contributed by atoms with Crippen LogP contribution in [0.3, 0.4) is 0 Å². The zero-order valence-electron chi connectivity index (χ0n) is 10.1. The first kappa shape index (κ1) is 14.0. The van der Waals surface area contributed by atoms with Gasteiger partial charge in [0, 0.05) is 5.02 Å². The fourth-order valence-corrected chi connectivity index (χ4v) is 2.35. The minimum absolute atomic E-state index is 0.179. The topological polar surface area (TPSA) is 57.5 Å². The van der Waals surface area contributed by atoms with E-state index in [0.717, 1.165) is 0 Å². The quantitative estimate of drug-likeness (QED) is 0.871. The van der Waals surface area contributed by atoms with Gasteiger partial charge >= 0.3 is 5.97 Å². The Labute approximate surface area is 106 Å². The first-order chi connectivity index (χ1) is 7.76. The van der Waals surface area contributed by atoms with Crippen LogP contribution in [0.2, 0.25) is 5.02 Å². The summed E-state index contributed by atoms with van der Waals surface area (Å²) in [6, 6.07) is 6.67. The predicted octanol–water partition coefficient (Wildman–Crippen LogP) is 2.90. The number of hydrogen-bond acceptors (Lipinski definition) is 2. The fraction of sp³-hybridized carbons (Fsp3) is 0.462. The number of rotatable bonds is 4. The molecule has 0 aliphatic rings. The van der Waals surface area contributed by atoms with Crippen molar-refractivity contribution in [3.05, 3.63) is 34.9 Å². The third kappa shape index (κ3) is 2.99. The van der Waals surface area contributed by atoms with Crippen LogP contribution >= 0.6 is 11.6 Å². The second-order valence-electron chi connectivity index (χ2n) is 4.72. The van der Waals surface area contributed by atoms with Gasteiger partial charge in [-0.25, -0.2) is 0 Å². The van der Waals surface area contributed by atoms with Crippen LogP contribution in [0.5, 0.6) is 0 Å². The van der Waals surface area contributed by atoms with E-state index in [4.69, 9.17) is 11.6 Å². The molecule has 0 spiro atoms. The SMILES string of the molecule is CC(C)C(C(=O)O)C(C)(O)c1cccc(Cl)c1. The maximum absolute atomic E-state index is 11.3. The van der Waals surface area contributed by atoms with Crippen LogP contribution in [0, 0.1) is 11.8 Å². The molecule has 0 aliphatic heterocycles. The summed E-state index contributed by atoms with van der Waals surface area (Å²) in [5, 5.41) is 20.2. The summed E-state index contributed by atoms with van der Waals surface area (Å²) in [4.78, 5) is 11.3. The molecule has 1 aromatic rings. The summed E-state index contributed by atoms with van der Waals surface area (Å²) in [5.41, 5.74) is -0.920. The molecule has 17 heavy (non-hydrogen) atoms. The van der Waals surface area contributed by atoms with E-state index in [1.807, 2.05) is 0 Å². The van der Waals surface area contributed by atoms with E-state index in [2.05, 4.69) is 0 Å². The molecule has 1 rings (SSSR count). The standard InChI is InChI=1S/C13H17ClO3/c1-8(2)11(12(15)16)13(3,17)9-5-4-6-10(14)7-9/h4-8,11,17H,1-3H3,(H,15,16). The Balaban J connectivity index is 3.20. The average molecular weight is 257 g/mol. The molecule has 0 aliphatic carbocycles. The van der Waals surface area contributed by atoms with Crippen LogP contribution in [0.4, 0.5) is 0 Å². The van der Waals surface area contributed by atoms with Crippen molar-refractivity contribution < 1.29 is 15.0 Å². The van der Waals surface area contributed by atoms with Crippen molar-refractivity contribution in [3.63, 3.8) is 0 Å². The summed E-state index contributed by atoms with van der Waals surface area (Å²) in [6.07, 6.45) is 0. The normalized spacial score (nSPS) is 16.6. The minimum Gasteiger partial charge on any atom is -0.481 e. The van der Waals surface area contributed by atoms with Crippen molar-refractivity contribution in [2.45, 2.75) is 26.4 Å². The van der Waals surface area contributed by atoms with E-state index in [0.29, 0.717) is 10.6 Å². The second kappa shape index (κ2) is 5.07. The number of carboxylic acid groups (broad SMARTS) is 1. The molecule has 94 valence electrons. The van der Waals surface area contributed by atoms with Gasteiger partial charge in [0.25, 0.3) is 0 Å². The van der Waals surface area contributed by atoms with E-state index in [-0.39, 0.29) is 5.92 Å². The lowest BCUT2D eigenvalue weighted by atomic mass is 9.76. The summed E-state index contributed by atoms with van der Waals surface area (Å²) in [6.45, 7) is 5.06. The van der Waals surface area contributed by atoms with Crippen LogP contribution in [0.1, 0.15) is 26.3 Å². The van der Waals surface area contributed by atoms with Crippen molar-refractivity contribution in [2.24, 2.45) is 11.8 Å². The highest BCUT2D eigenvalue weighted by atomic mass is 35.5. The molecule has 4 heteroatoms. The molecule has 2 unspecified atom stereocenters. The molecule has 3 nitrogen and oxygen atoms in total. The molecule has 0 radical (unpaired) electrons. The lowest BCUT2D eigenvalue weighted by molar-refractivity contribution is -0.155. The van der Waals surface area contributed by atoms with Crippen molar-refractivity contribution in [2.75, 3.05) is 0 Å². The monoisotopic (exact) mass is 256 g/mol. The smallest absolute Gasteiger partial charge is 0.310 e. The summed E-state index contributed by atoms with van der Waals surface area (Å²) < 4.78 is 0. The van der Waals surface area contributed by atoms with Crippen LogP contribution in [0.15, 0.2) is 24.3 Å². The number of aliphatic hydroxyl groups is 1. The lowest BCUT2D eigenvalue weighted by Crippen LogP contribution is -2.40. The molecule has 0 heterocycles. The zero-order chi connectivity index (χ0) is 13.2. The number of hydrogen-bond donors (Lipinski definition) is 2. The number of carboxylic acids is 1. The number of benzene rings is 1. The molecule has 1 aromatic carbocycles. The highest BCUT2D eigenvalue weighted by Gasteiger charge is 2.41. The van der Waals surface area contributed by atoms with Gasteiger partial charge in [-0.15, -0.1) is 0 Å². The number of halogens is 1. The molecule has 0 bridgehead atoms. The van der Waals surface area contributed by atoms with Gasteiger partial charge in [-0.05, 0) is 30.5 Å². The Morgan fingerprint density at radius 2 is 2.00 bits per heavy atom. The highest BCUT2D eigenvalue weighted by Crippen LogP contribution is 2.35. The van der Waals surface area contributed by atoms with Gasteiger partial charge in [-0.2, -0.15) is 0 Å². The van der Waals surface area contributed by atoms with E-state index < -0.39 is 17.5 Å². The Hall–Kier alpha value is -1.06. The molecule has 0 aromatic heterocycles. The van der Waals surface area contributed by atoms with E-state index >= 15 is 0 Å². The van der Waals surface area contributed by atoms with Crippen LogP contribution in [0.25, 0.3) is 0 Å². The molecule has 0 saturated heterocycles. The Morgan fingerprint density at radius 3 is 2.41 bits per heavy atom. The van der Waals surface area contributed by atoms with Crippen LogP contribution < -0.4 is 0 Å². The van der Waals surface area contributed by atoms with Crippen molar-refractivity contribution >= 4 is 17.6 Å². The molecule has 2 N–H and O–H groups in total. The van der Waals surface area contributed by atoms with Gasteiger partial charge in [-0.1, -0.05) is 37.6 Å². The summed E-state index contributed by atoms with van der Waals surface area (Å²) in [7, 11) is 0. The maximum Gasteiger partial charge on any atom is 0.310 e. The first-order valence-electron chi connectivity index (χ1n) is 5.48. The third-order valence-corrected chi connectivity index (χ3v) is 3.18. The van der Waals surface area contributed by atoms with E-state index in [1.165, 1.54) is 6.92 Å². The Bertz CT molecular complexity index is 413. The summed E-state index contributed by atoms with van der Waals surface area (Å²) in [5.74, 6) is -2.06. The van der Waals surface area contributed by atoms with Gasteiger partial charge < -0.3 is 10.2 Å². The molecule has 0 saturated carbocycles. The van der Waals surface area contributed by atoms with Gasteiger partial charge in [0.15, 0.2) is 0 Å². The fourth-order valence-electron chi connectivity index (χ4n) is 2.16. The molecular formula is C13H17ClO3. The average Bonchev–Trinajstić information content (AvgIpc) is 2.15. The van der Waals surface area contributed by atoms with Crippen LogP contribution in [-0.2, 0) is 10.4 Å². The van der Waals surface area contributed by atoms with Crippen LogP contribution in [-0.4, -0.2) is 16.2 Å². The predicted molar refractivity (Wildman–Crippen MR) is 67.0 cm³/mol. The summed E-state index contributed by atoms with van der Waals surface area (Å²) >= 11 is 5.86. The minimum atomic E-state index is -1.44. The van der Waals surface area contributed by atoms with Crippen molar-refractivity contribution in [3.8, 4) is 0 Å². The number of carbonyl (C=O) groups is 1. The Kier molecular flexibility index (Phi) is 4.17. The third-order valence-electron chi connectivity index (χ3n) is 2.95. The number of aliphatic carboxylic acids is 1. The molecule has 2 atom stereocenters. The highest BCUT2D eigenvalue weighted by molar-refractivity contribution is 6.30. The first-order valence-corrected chi connectivity index (χ1v) is 5.86. The van der Waals surface area contributed by atoms with Crippen molar-refractivity contribution in [1.82, 2.24) is 0 Å².